The van der Waals surface area contributed by atoms with Crippen LogP contribution in [0.25, 0.3) is 0 Å². The minimum Gasteiger partial charge on any atom is -0.582 e. The zero-order chi connectivity index (χ0) is 24.3. The van der Waals surface area contributed by atoms with Gasteiger partial charge in [0.25, 0.3) is 5.75 Å². The molecule has 182 valence electrons. The maximum Gasteiger partial charge on any atom is 0.408 e. The van der Waals surface area contributed by atoms with Crippen molar-refractivity contribution in [1.29, 1.82) is 0 Å². The summed E-state index contributed by atoms with van der Waals surface area (Å²) in [6.45, 7) is 10.5. The minimum absolute atomic E-state index is 0.0248. The zero-order valence-corrected chi connectivity index (χ0v) is 20.4. The molecule has 0 aliphatic rings. The van der Waals surface area contributed by atoms with Crippen molar-refractivity contribution in [3.63, 3.8) is 0 Å². The molecule has 8 nitrogen and oxygen atoms in total. The Kier molecular flexibility index (Phi) is 11.3. The Labute approximate surface area is 191 Å². The predicted molar refractivity (Wildman–Crippen MR) is 123 cm³/mol. The SMILES string of the molecule is COCCCOc1cc(C[C@@H](C[C@H](NC(=O)OC(C)(C)C)C(=O)O)C(C)C)ccc1[OH+]C. The van der Waals surface area contributed by atoms with Gasteiger partial charge < -0.3 is 29.4 Å². The van der Waals surface area contributed by atoms with Crippen LogP contribution in [0.2, 0.25) is 0 Å². The first-order valence-electron chi connectivity index (χ1n) is 11.0. The van der Waals surface area contributed by atoms with Crippen molar-refractivity contribution >= 4 is 12.1 Å². The van der Waals surface area contributed by atoms with Gasteiger partial charge in [-0.25, -0.2) is 9.59 Å². The van der Waals surface area contributed by atoms with Crippen molar-refractivity contribution in [3.05, 3.63) is 23.8 Å². The van der Waals surface area contributed by atoms with E-state index in [-0.39, 0.29) is 18.3 Å². The fourth-order valence-electron chi connectivity index (χ4n) is 3.24. The Balaban J connectivity index is 2.92. The highest BCUT2D eigenvalue weighted by atomic mass is 16.6. The number of benzene rings is 1. The number of carboxylic acids is 1. The van der Waals surface area contributed by atoms with Gasteiger partial charge in [-0.3, -0.25) is 0 Å². The highest BCUT2D eigenvalue weighted by Gasteiger charge is 2.28. The molecule has 0 spiro atoms. The van der Waals surface area contributed by atoms with Crippen LogP contribution in [0.5, 0.6) is 11.5 Å². The average Bonchev–Trinajstić information content (AvgIpc) is 2.68. The van der Waals surface area contributed by atoms with E-state index in [1.54, 1.807) is 35.0 Å². The molecular weight excluding hydrogens is 414 g/mol. The normalized spacial score (nSPS) is 13.4. The highest BCUT2D eigenvalue weighted by Crippen LogP contribution is 2.31. The van der Waals surface area contributed by atoms with Crippen molar-refractivity contribution < 1.29 is 33.6 Å². The molecule has 3 N–H and O–H groups in total. The van der Waals surface area contributed by atoms with Gasteiger partial charge in [0.1, 0.15) is 11.6 Å². The lowest BCUT2D eigenvalue weighted by Gasteiger charge is -2.26. The molecule has 0 aliphatic carbocycles. The number of rotatable bonds is 13. The molecule has 32 heavy (non-hydrogen) atoms. The van der Waals surface area contributed by atoms with Gasteiger partial charge in [0.15, 0.2) is 7.11 Å². The highest BCUT2D eigenvalue weighted by molar-refractivity contribution is 5.80. The average molecular weight is 455 g/mol. The van der Waals surface area contributed by atoms with E-state index in [2.05, 4.69) is 23.9 Å². The number of aromatic hydroxyl groups is 1. The van der Waals surface area contributed by atoms with Crippen molar-refractivity contribution in [2.45, 2.75) is 65.5 Å². The summed E-state index contributed by atoms with van der Waals surface area (Å²) in [6.07, 6.45) is 0.981. The molecule has 8 heteroatoms. The molecule has 0 aromatic heterocycles. The molecule has 0 saturated heterocycles. The summed E-state index contributed by atoms with van der Waals surface area (Å²) in [6, 6.07) is 4.82. The number of aliphatic carboxylic acids is 1. The Morgan fingerprint density at radius 3 is 2.41 bits per heavy atom. The van der Waals surface area contributed by atoms with E-state index in [1.165, 1.54) is 0 Å². The number of hydrogen-bond acceptors (Lipinski definition) is 5. The number of carboxylic acid groups (broad SMARTS) is 1. The lowest BCUT2D eigenvalue weighted by atomic mass is 9.84. The van der Waals surface area contributed by atoms with Crippen LogP contribution < -0.4 is 10.1 Å². The van der Waals surface area contributed by atoms with Crippen molar-refractivity contribution in [2.24, 2.45) is 11.8 Å². The largest absolute Gasteiger partial charge is 0.582 e. The van der Waals surface area contributed by atoms with E-state index in [0.717, 1.165) is 17.7 Å². The van der Waals surface area contributed by atoms with Crippen LogP contribution >= 0.6 is 0 Å². The first-order chi connectivity index (χ1) is 15.0. The van der Waals surface area contributed by atoms with Gasteiger partial charge in [-0.2, -0.15) is 0 Å². The summed E-state index contributed by atoms with van der Waals surface area (Å²) in [5.74, 6) is 0.618. The molecular formula is C24H40NO7+. The molecule has 0 heterocycles. The summed E-state index contributed by atoms with van der Waals surface area (Å²) in [7, 11) is 3.37. The summed E-state index contributed by atoms with van der Waals surface area (Å²) >= 11 is 0. The van der Waals surface area contributed by atoms with E-state index < -0.39 is 23.7 Å². The van der Waals surface area contributed by atoms with Gasteiger partial charge in [0, 0.05) is 26.2 Å². The molecule has 1 aromatic carbocycles. The monoisotopic (exact) mass is 454 g/mol. The molecule has 0 saturated carbocycles. The van der Waals surface area contributed by atoms with Crippen LogP contribution in [-0.4, -0.2) is 61.0 Å². The van der Waals surface area contributed by atoms with Crippen LogP contribution in [0.4, 0.5) is 4.79 Å². The Hall–Kier alpha value is -2.48. The van der Waals surface area contributed by atoms with Crippen LogP contribution in [0.15, 0.2) is 18.2 Å². The van der Waals surface area contributed by atoms with Crippen molar-refractivity contribution in [1.82, 2.24) is 5.32 Å². The number of hydrogen-bond donors (Lipinski definition) is 2. The van der Waals surface area contributed by atoms with E-state index in [0.29, 0.717) is 25.4 Å². The topological polar surface area (TPSA) is 107 Å². The second-order valence-corrected chi connectivity index (χ2v) is 9.20. The number of carbonyl (C=O) groups is 2. The molecule has 0 radical (unpaired) electrons. The van der Waals surface area contributed by atoms with Crippen molar-refractivity contribution in [3.8, 4) is 11.5 Å². The van der Waals surface area contributed by atoms with Crippen molar-refractivity contribution in [2.75, 3.05) is 27.4 Å². The van der Waals surface area contributed by atoms with Crippen LogP contribution in [0.3, 0.4) is 0 Å². The van der Waals surface area contributed by atoms with Gasteiger partial charge in [-0.1, -0.05) is 13.8 Å². The number of methoxy groups -OCH3 is 1. The first-order valence-corrected chi connectivity index (χ1v) is 11.0. The predicted octanol–water partition coefficient (Wildman–Crippen LogP) is 4.16. The molecule has 1 rings (SSSR count). The fraction of sp³-hybridized carbons (Fsp3) is 0.667. The molecule has 2 atom stereocenters. The molecule has 0 unspecified atom stereocenters. The first kappa shape index (κ1) is 27.6. The van der Waals surface area contributed by atoms with E-state index >= 15 is 0 Å². The van der Waals surface area contributed by atoms with Gasteiger partial charge in [-0.05, 0) is 63.1 Å². The molecule has 0 fully saturated rings. The summed E-state index contributed by atoms with van der Waals surface area (Å²) < 4.78 is 20.4. The number of alkyl carbamates (subject to hydrolysis) is 1. The number of aliphatic hydroxyl groups is 1. The van der Waals surface area contributed by atoms with Crippen LogP contribution in [0, 0.1) is 11.8 Å². The molecule has 0 bridgehead atoms. The van der Waals surface area contributed by atoms with Gasteiger partial charge in [-0.15, -0.1) is 0 Å². The standard InChI is InChI=1S/C24H39NO7/c1-16(2)18(15-19(22(26)27)25-23(28)32-24(3,4)5)13-17-9-10-20(30-7)21(14-17)31-12-8-11-29-6/h9-10,14,16,18-19H,8,11-13,15H2,1-7H3,(H,25,28)(H,26,27)/p+1/t18-,19-/m0/s1. The number of amides is 1. The van der Waals surface area contributed by atoms with E-state index in [4.69, 9.17) is 14.2 Å². The number of ether oxygens (including phenoxy) is 4. The number of nitrogens with one attached hydrogen (secondary N) is 1. The number of carbonyl (C=O) groups excluding carboxylic acids is 1. The molecule has 1 amide bonds. The second-order valence-electron chi connectivity index (χ2n) is 9.20. The fourth-order valence-corrected chi connectivity index (χ4v) is 3.24. The zero-order valence-electron chi connectivity index (χ0n) is 20.4. The lowest BCUT2D eigenvalue weighted by Crippen LogP contribution is -2.45. The Morgan fingerprint density at radius 2 is 1.88 bits per heavy atom. The maximum atomic E-state index is 12.1. The summed E-state index contributed by atoms with van der Waals surface area (Å²) in [4.78, 5) is 23.9. The summed E-state index contributed by atoms with van der Waals surface area (Å²) in [5, 5.41) is 12.2. The van der Waals surface area contributed by atoms with Gasteiger partial charge >= 0.3 is 12.1 Å². The van der Waals surface area contributed by atoms with E-state index in [1.807, 2.05) is 18.2 Å². The van der Waals surface area contributed by atoms with Crippen LogP contribution in [-0.2, 0) is 20.7 Å². The van der Waals surface area contributed by atoms with E-state index in [9.17, 15) is 14.7 Å². The van der Waals surface area contributed by atoms with Gasteiger partial charge in [0.2, 0.25) is 5.75 Å². The third-order valence-electron chi connectivity index (χ3n) is 4.98. The lowest BCUT2D eigenvalue weighted by molar-refractivity contribution is -0.140. The molecule has 0 aliphatic heterocycles. The quantitative estimate of drug-likeness (QED) is 0.342. The second kappa shape index (κ2) is 13.2. The Bertz CT molecular complexity index is 728. The molecule has 1 aromatic rings. The Morgan fingerprint density at radius 1 is 1.19 bits per heavy atom. The van der Waals surface area contributed by atoms with Crippen LogP contribution in [0.1, 0.15) is 53.0 Å². The minimum atomic E-state index is -1.08. The summed E-state index contributed by atoms with van der Waals surface area (Å²) in [5.41, 5.74) is 0.329. The third kappa shape index (κ3) is 10.2. The smallest absolute Gasteiger partial charge is 0.408 e. The maximum absolute atomic E-state index is 12.1. The van der Waals surface area contributed by atoms with Gasteiger partial charge in [0.05, 0.1) is 6.61 Å². The third-order valence-corrected chi connectivity index (χ3v) is 4.98.